The molecule has 1 aromatic carbocycles. The van der Waals surface area contributed by atoms with E-state index in [9.17, 15) is 4.79 Å². The minimum Gasteiger partial charge on any atom is -0.313 e. The van der Waals surface area contributed by atoms with Crippen LogP contribution in [0, 0.1) is 5.92 Å². The molecule has 0 heterocycles. The Labute approximate surface area is 123 Å². The first-order chi connectivity index (χ1) is 9.50. The summed E-state index contributed by atoms with van der Waals surface area (Å²) >= 11 is 0. The second kappa shape index (κ2) is 8.57. The first-order valence-corrected chi connectivity index (χ1v) is 7.48. The van der Waals surface area contributed by atoms with Crippen LogP contribution in [0.2, 0.25) is 0 Å². The van der Waals surface area contributed by atoms with Crippen LogP contribution in [-0.4, -0.2) is 12.5 Å². The molecule has 2 nitrogen and oxygen atoms in total. The molecule has 0 saturated carbocycles. The quantitative estimate of drug-likeness (QED) is 0.622. The molecule has 20 heavy (non-hydrogen) atoms. The third-order valence-electron chi connectivity index (χ3n) is 3.59. The molecule has 0 N–H and O–H groups in total. The van der Waals surface area contributed by atoms with Crippen molar-refractivity contribution < 1.29 is 4.79 Å². The Bertz CT molecular complexity index is 424. The van der Waals surface area contributed by atoms with Gasteiger partial charge in [0, 0.05) is 19.2 Å². The Balaban J connectivity index is 2.44. The van der Waals surface area contributed by atoms with Gasteiger partial charge in [-0.05, 0) is 44.2 Å². The van der Waals surface area contributed by atoms with Crippen molar-refractivity contribution in [3.63, 3.8) is 0 Å². The van der Waals surface area contributed by atoms with Gasteiger partial charge in [-0.3, -0.25) is 4.79 Å². The fourth-order valence-electron chi connectivity index (χ4n) is 2.32. The lowest BCUT2D eigenvalue weighted by Gasteiger charge is -2.23. The van der Waals surface area contributed by atoms with Crippen LogP contribution in [-0.2, 0) is 4.79 Å². The van der Waals surface area contributed by atoms with E-state index in [4.69, 9.17) is 0 Å². The van der Waals surface area contributed by atoms with Crippen molar-refractivity contribution in [3.05, 3.63) is 42.5 Å². The maximum Gasteiger partial charge on any atom is 0.223 e. The summed E-state index contributed by atoms with van der Waals surface area (Å²) in [6.45, 7) is 10.7. The summed E-state index contributed by atoms with van der Waals surface area (Å²) in [4.78, 5) is 13.6. The third-order valence-corrected chi connectivity index (χ3v) is 3.59. The zero-order valence-corrected chi connectivity index (χ0v) is 13.1. The van der Waals surface area contributed by atoms with Gasteiger partial charge in [-0.15, -0.1) is 6.58 Å². The standard InChI is InChI=1S/C18H27NO/c1-15(2)9-8-10-16(3)13-14-19(17(4)20)18-11-6-5-7-12-18/h5-7,11-12,16H,1,8-10,13-14H2,2-4H3. The highest BCUT2D eigenvalue weighted by Crippen LogP contribution is 2.18. The van der Waals surface area contributed by atoms with Crippen molar-refractivity contribution in [2.45, 2.75) is 46.5 Å². The van der Waals surface area contributed by atoms with Gasteiger partial charge in [-0.2, -0.15) is 0 Å². The molecule has 0 fully saturated rings. The van der Waals surface area contributed by atoms with E-state index in [0.29, 0.717) is 5.92 Å². The van der Waals surface area contributed by atoms with Crippen molar-refractivity contribution in [1.29, 1.82) is 0 Å². The average Bonchev–Trinajstić information content (AvgIpc) is 2.39. The predicted octanol–water partition coefficient (Wildman–Crippen LogP) is 4.81. The van der Waals surface area contributed by atoms with Crippen LogP contribution in [0.5, 0.6) is 0 Å². The van der Waals surface area contributed by atoms with E-state index in [-0.39, 0.29) is 5.91 Å². The maximum atomic E-state index is 11.8. The van der Waals surface area contributed by atoms with Crippen LogP contribution >= 0.6 is 0 Å². The summed E-state index contributed by atoms with van der Waals surface area (Å²) in [6, 6.07) is 9.91. The number of hydrogen-bond acceptors (Lipinski definition) is 1. The number of carbonyl (C=O) groups is 1. The number of benzene rings is 1. The first kappa shape index (κ1) is 16.5. The highest BCUT2D eigenvalue weighted by atomic mass is 16.2. The molecule has 0 aliphatic heterocycles. The average molecular weight is 273 g/mol. The van der Waals surface area contributed by atoms with Crippen molar-refractivity contribution in [3.8, 4) is 0 Å². The Hall–Kier alpha value is -1.57. The topological polar surface area (TPSA) is 20.3 Å². The predicted molar refractivity (Wildman–Crippen MR) is 86.9 cm³/mol. The van der Waals surface area contributed by atoms with E-state index in [0.717, 1.165) is 25.1 Å². The molecular weight excluding hydrogens is 246 g/mol. The zero-order valence-electron chi connectivity index (χ0n) is 13.1. The smallest absolute Gasteiger partial charge is 0.223 e. The lowest BCUT2D eigenvalue weighted by atomic mass is 9.99. The van der Waals surface area contributed by atoms with Crippen LogP contribution in [0.4, 0.5) is 5.69 Å². The van der Waals surface area contributed by atoms with Gasteiger partial charge < -0.3 is 4.90 Å². The summed E-state index contributed by atoms with van der Waals surface area (Å²) in [5, 5.41) is 0. The van der Waals surface area contributed by atoms with Gasteiger partial charge >= 0.3 is 0 Å². The highest BCUT2D eigenvalue weighted by Gasteiger charge is 2.12. The summed E-state index contributed by atoms with van der Waals surface area (Å²) in [7, 11) is 0. The van der Waals surface area contributed by atoms with E-state index in [1.807, 2.05) is 35.2 Å². The second-order valence-corrected chi connectivity index (χ2v) is 5.75. The molecule has 1 aromatic rings. The monoisotopic (exact) mass is 273 g/mol. The van der Waals surface area contributed by atoms with Crippen molar-refractivity contribution in [2.24, 2.45) is 5.92 Å². The molecule has 0 bridgehead atoms. The maximum absolute atomic E-state index is 11.8. The lowest BCUT2D eigenvalue weighted by molar-refractivity contribution is -0.116. The molecule has 110 valence electrons. The molecule has 2 heteroatoms. The van der Waals surface area contributed by atoms with E-state index < -0.39 is 0 Å². The molecule has 1 unspecified atom stereocenters. The molecule has 0 aliphatic rings. The van der Waals surface area contributed by atoms with Crippen molar-refractivity contribution in [1.82, 2.24) is 0 Å². The van der Waals surface area contributed by atoms with Crippen LogP contribution in [0.25, 0.3) is 0 Å². The molecule has 1 amide bonds. The minimum absolute atomic E-state index is 0.116. The van der Waals surface area contributed by atoms with Gasteiger partial charge in [0.25, 0.3) is 0 Å². The van der Waals surface area contributed by atoms with E-state index >= 15 is 0 Å². The molecular formula is C18H27NO. The number of amides is 1. The molecule has 1 rings (SSSR count). The van der Waals surface area contributed by atoms with Crippen molar-refractivity contribution in [2.75, 3.05) is 11.4 Å². The van der Waals surface area contributed by atoms with Crippen molar-refractivity contribution >= 4 is 11.6 Å². The van der Waals surface area contributed by atoms with Gasteiger partial charge in [0.1, 0.15) is 0 Å². The molecule has 1 atom stereocenters. The molecule has 0 aliphatic carbocycles. The number of rotatable bonds is 8. The van der Waals surface area contributed by atoms with Crippen LogP contribution < -0.4 is 4.90 Å². The number of carbonyl (C=O) groups excluding carboxylic acids is 1. The van der Waals surface area contributed by atoms with Crippen LogP contribution in [0.15, 0.2) is 42.5 Å². The number of nitrogens with zero attached hydrogens (tertiary/aromatic N) is 1. The molecule has 0 saturated heterocycles. The highest BCUT2D eigenvalue weighted by molar-refractivity contribution is 5.91. The first-order valence-electron chi connectivity index (χ1n) is 7.48. The number of hydrogen-bond donors (Lipinski definition) is 0. The van der Waals surface area contributed by atoms with Gasteiger partial charge in [0.05, 0.1) is 0 Å². The number of anilines is 1. The number of allylic oxidation sites excluding steroid dienone is 1. The molecule has 0 radical (unpaired) electrons. The summed E-state index contributed by atoms with van der Waals surface area (Å²) in [5.74, 6) is 0.755. The fraction of sp³-hybridized carbons (Fsp3) is 0.500. The Morgan fingerprint density at radius 3 is 2.40 bits per heavy atom. The summed E-state index contributed by atoms with van der Waals surface area (Å²) in [5.41, 5.74) is 2.25. The summed E-state index contributed by atoms with van der Waals surface area (Å²) in [6.07, 6.45) is 4.55. The minimum atomic E-state index is 0.116. The Morgan fingerprint density at radius 1 is 1.20 bits per heavy atom. The Kier molecular flexibility index (Phi) is 7.06. The van der Waals surface area contributed by atoms with Gasteiger partial charge in [0.15, 0.2) is 0 Å². The normalized spacial score (nSPS) is 11.9. The number of para-hydroxylation sites is 1. The molecule has 0 aromatic heterocycles. The van der Waals surface area contributed by atoms with E-state index in [2.05, 4.69) is 20.4 Å². The van der Waals surface area contributed by atoms with Gasteiger partial charge in [-0.1, -0.05) is 37.1 Å². The van der Waals surface area contributed by atoms with Crippen LogP contribution in [0.1, 0.15) is 46.5 Å². The van der Waals surface area contributed by atoms with E-state index in [1.54, 1.807) is 6.92 Å². The summed E-state index contributed by atoms with van der Waals surface area (Å²) < 4.78 is 0. The fourth-order valence-corrected chi connectivity index (χ4v) is 2.32. The second-order valence-electron chi connectivity index (χ2n) is 5.75. The third kappa shape index (κ3) is 6.05. The van der Waals surface area contributed by atoms with Crippen LogP contribution in [0.3, 0.4) is 0 Å². The van der Waals surface area contributed by atoms with Gasteiger partial charge in [-0.25, -0.2) is 0 Å². The Morgan fingerprint density at radius 2 is 1.85 bits per heavy atom. The van der Waals surface area contributed by atoms with Gasteiger partial charge in [0.2, 0.25) is 5.91 Å². The lowest BCUT2D eigenvalue weighted by Crippen LogP contribution is -2.30. The SMILES string of the molecule is C=C(C)CCCC(C)CCN(C(C)=O)c1ccccc1. The molecule has 0 spiro atoms. The zero-order chi connectivity index (χ0) is 15.0. The largest absolute Gasteiger partial charge is 0.313 e. The van der Waals surface area contributed by atoms with E-state index in [1.165, 1.54) is 18.4 Å².